The molecule has 1 aromatic carbocycles. The van der Waals surface area contributed by atoms with Crippen molar-refractivity contribution in [2.75, 3.05) is 13.2 Å². The van der Waals surface area contributed by atoms with E-state index in [4.69, 9.17) is 9.26 Å². The maximum atomic E-state index is 11.7. The Labute approximate surface area is 124 Å². The van der Waals surface area contributed by atoms with Gasteiger partial charge in [0, 0.05) is 19.2 Å². The zero-order valence-electron chi connectivity index (χ0n) is 12.4. The molecule has 1 heterocycles. The molecule has 0 bridgehead atoms. The SMILES string of the molecule is CCOC(=O)CN(Cc1ccc(C)cc1)Cc1ccon1. The van der Waals surface area contributed by atoms with Crippen molar-refractivity contribution in [1.29, 1.82) is 0 Å². The highest BCUT2D eigenvalue weighted by Gasteiger charge is 2.14. The molecule has 0 fully saturated rings. The standard InChI is InChI=1S/C16H20N2O3/c1-3-20-16(19)12-18(11-15-8-9-21-17-15)10-14-6-4-13(2)5-7-14/h4-9H,3,10-12H2,1-2H3. The molecule has 112 valence electrons. The Kier molecular flexibility index (Phi) is 5.51. The third kappa shape index (κ3) is 5.04. The molecule has 2 aromatic rings. The smallest absolute Gasteiger partial charge is 0.320 e. The van der Waals surface area contributed by atoms with Crippen LogP contribution in [0.15, 0.2) is 41.1 Å². The summed E-state index contributed by atoms with van der Waals surface area (Å²) in [5.74, 6) is -0.229. The molecule has 0 aliphatic rings. The number of nitrogens with zero attached hydrogens (tertiary/aromatic N) is 2. The molecular weight excluding hydrogens is 268 g/mol. The average molecular weight is 288 g/mol. The second kappa shape index (κ2) is 7.59. The quantitative estimate of drug-likeness (QED) is 0.733. The summed E-state index contributed by atoms with van der Waals surface area (Å²) >= 11 is 0. The van der Waals surface area contributed by atoms with Gasteiger partial charge in [0.25, 0.3) is 0 Å². The van der Waals surface area contributed by atoms with Crippen LogP contribution in [0.1, 0.15) is 23.7 Å². The van der Waals surface area contributed by atoms with Crippen molar-refractivity contribution in [3.05, 3.63) is 53.4 Å². The highest BCUT2D eigenvalue weighted by molar-refractivity contribution is 5.71. The van der Waals surface area contributed by atoms with Gasteiger partial charge in [-0.25, -0.2) is 0 Å². The van der Waals surface area contributed by atoms with Crippen molar-refractivity contribution in [2.45, 2.75) is 26.9 Å². The normalized spacial score (nSPS) is 10.8. The van der Waals surface area contributed by atoms with E-state index in [-0.39, 0.29) is 12.5 Å². The molecule has 5 nitrogen and oxygen atoms in total. The number of carbonyl (C=O) groups is 1. The Morgan fingerprint density at radius 2 is 2.00 bits per heavy atom. The molecule has 0 spiro atoms. The lowest BCUT2D eigenvalue weighted by Gasteiger charge is -2.20. The molecule has 0 saturated heterocycles. The Bertz CT molecular complexity index is 549. The van der Waals surface area contributed by atoms with Crippen LogP contribution in [-0.4, -0.2) is 29.2 Å². The summed E-state index contributed by atoms with van der Waals surface area (Å²) in [6, 6.07) is 10.1. The average Bonchev–Trinajstić information content (AvgIpc) is 2.94. The van der Waals surface area contributed by atoms with Gasteiger partial charge < -0.3 is 9.26 Å². The van der Waals surface area contributed by atoms with E-state index in [0.717, 1.165) is 11.3 Å². The Hall–Kier alpha value is -2.14. The van der Waals surface area contributed by atoms with Crippen LogP contribution >= 0.6 is 0 Å². The lowest BCUT2D eigenvalue weighted by molar-refractivity contribution is -0.144. The number of hydrogen-bond donors (Lipinski definition) is 0. The van der Waals surface area contributed by atoms with Crippen molar-refractivity contribution in [1.82, 2.24) is 10.1 Å². The minimum atomic E-state index is -0.229. The first-order valence-corrected chi connectivity index (χ1v) is 7.00. The van der Waals surface area contributed by atoms with E-state index in [1.54, 1.807) is 13.0 Å². The predicted octanol–water partition coefficient (Wildman–Crippen LogP) is 2.55. The van der Waals surface area contributed by atoms with Crippen LogP contribution in [0.2, 0.25) is 0 Å². The number of esters is 1. The van der Waals surface area contributed by atoms with Gasteiger partial charge in [-0.15, -0.1) is 0 Å². The molecule has 0 amide bonds. The van der Waals surface area contributed by atoms with E-state index in [2.05, 4.69) is 36.3 Å². The summed E-state index contributed by atoms with van der Waals surface area (Å²) in [6.45, 7) is 5.68. The van der Waals surface area contributed by atoms with E-state index in [9.17, 15) is 4.79 Å². The fourth-order valence-corrected chi connectivity index (χ4v) is 2.06. The second-order valence-electron chi connectivity index (χ2n) is 4.93. The number of aromatic nitrogens is 1. The maximum Gasteiger partial charge on any atom is 0.320 e. The zero-order valence-corrected chi connectivity index (χ0v) is 12.4. The number of hydrogen-bond acceptors (Lipinski definition) is 5. The summed E-state index contributed by atoms with van der Waals surface area (Å²) in [6.07, 6.45) is 1.53. The van der Waals surface area contributed by atoms with E-state index in [1.165, 1.54) is 11.8 Å². The number of benzene rings is 1. The van der Waals surface area contributed by atoms with Gasteiger partial charge in [-0.05, 0) is 19.4 Å². The van der Waals surface area contributed by atoms with Gasteiger partial charge in [-0.1, -0.05) is 35.0 Å². The highest BCUT2D eigenvalue weighted by Crippen LogP contribution is 2.10. The largest absolute Gasteiger partial charge is 0.465 e. The van der Waals surface area contributed by atoms with E-state index in [0.29, 0.717) is 19.7 Å². The number of carbonyl (C=O) groups excluding carboxylic acids is 1. The molecule has 0 aliphatic heterocycles. The van der Waals surface area contributed by atoms with Crippen molar-refractivity contribution in [3.63, 3.8) is 0 Å². The van der Waals surface area contributed by atoms with E-state index < -0.39 is 0 Å². The highest BCUT2D eigenvalue weighted by atomic mass is 16.5. The monoisotopic (exact) mass is 288 g/mol. The summed E-state index contributed by atoms with van der Waals surface area (Å²) < 4.78 is 9.86. The molecule has 1 aromatic heterocycles. The first-order valence-electron chi connectivity index (χ1n) is 7.00. The van der Waals surface area contributed by atoms with Gasteiger partial charge in [0.1, 0.15) is 6.26 Å². The Morgan fingerprint density at radius 1 is 1.24 bits per heavy atom. The lowest BCUT2D eigenvalue weighted by Crippen LogP contribution is -2.30. The minimum Gasteiger partial charge on any atom is -0.465 e. The van der Waals surface area contributed by atoms with Gasteiger partial charge in [-0.3, -0.25) is 9.69 Å². The number of aryl methyl sites for hydroxylation is 1. The second-order valence-corrected chi connectivity index (χ2v) is 4.93. The van der Waals surface area contributed by atoms with Crippen molar-refractivity contribution >= 4 is 5.97 Å². The Balaban J connectivity index is 2.03. The summed E-state index contributed by atoms with van der Waals surface area (Å²) in [4.78, 5) is 13.7. The zero-order chi connectivity index (χ0) is 15.1. The summed E-state index contributed by atoms with van der Waals surface area (Å²) in [5, 5.41) is 3.90. The van der Waals surface area contributed by atoms with Crippen molar-refractivity contribution in [2.24, 2.45) is 0 Å². The van der Waals surface area contributed by atoms with Crippen LogP contribution in [-0.2, 0) is 22.6 Å². The van der Waals surface area contributed by atoms with E-state index in [1.807, 2.05) is 4.90 Å². The summed E-state index contributed by atoms with van der Waals surface area (Å²) in [5.41, 5.74) is 3.16. The molecule has 0 N–H and O–H groups in total. The van der Waals surface area contributed by atoms with E-state index >= 15 is 0 Å². The molecule has 0 saturated carbocycles. The molecule has 0 aliphatic carbocycles. The summed E-state index contributed by atoms with van der Waals surface area (Å²) in [7, 11) is 0. The van der Waals surface area contributed by atoms with Crippen molar-refractivity contribution in [3.8, 4) is 0 Å². The van der Waals surface area contributed by atoms with Crippen LogP contribution in [0.25, 0.3) is 0 Å². The van der Waals surface area contributed by atoms with Crippen LogP contribution in [0.4, 0.5) is 0 Å². The lowest BCUT2D eigenvalue weighted by atomic mass is 10.1. The molecule has 21 heavy (non-hydrogen) atoms. The number of rotatable bonds is 7. The fourth-order valence-electron chi connectivity index (χ4n) is 2.06. The van der Waals surface area contributed by atoms with Crippen LogP contribution in [0.5, 0.6) is 0 Å². The topological polar surface area (TPSA) is 55.6 Å². The molecule has 0 unspecified atom stereocenters. The fraction of sp³-hybridized carbons (Fsp3) is 0.375. The molecule has 2 rings (SSSR count). The molecule has 0 atom stereocenters. The van der Waals surface area contributed by atoms with Gasteiger partial charge >= 0.3 is 5.97 Å². The van der Waals surface area contributed by atoms with Crippen LogP contribution < -0.4 is 0 Å². The van der Waals surface area contributed by atoms with Gasteiger partial charge in [0.05, 0.1) is 18.8 Å². The van der Waals surface area contributed by atoms with Gasteiger partial charge in [-0.2, -0.15) is 0 Å². The molecular formula is C16H20N2O3. The van der Waals surface area contributed by atoms with Crippen molar-refractivity contribution < 1.29 is 14.1 Å². The first kappa shape index (κ1) is 15.3. The third-order valence-electron chi connectivity index (χ3n) is 3.06. The van der Waals surface area contributed by atoms with Gasteiger partial charge in [0.15, 0.2) is 0 Å². The van der Waals surface area contributed by atoms with Crippen LogP contribution in [0.3, 0.4) is 0 Å². The first-order chi connectivity index (χ1) is 10.2. The van der Waals surface area contributed by atoms with Crippen LogP contribution in [0, 0.1) is 6.92 Å². The van der Waals surface area contributed by atoms with Gasteiger partial charge in [0.2, 0.25) is 0 Å². The number of ether oxygens (including phenoxy) is 1. The predicted molar refractivity (Wildman–Crippen MR) is 78.4 cm³/mol. The molecule has 5 heteroatoms. The minimum absolute atomic E-state index is 0.229. The Morgan fingerprint density at radius 3 is 2.62 bits per heavy atom. The molecule has 0 radical (unpaired) electrons. The maximum absolute atomic E-state index is 11.7. The third-order valence-corrected chi connectivity index (χ3v) is 3.06.